The maximum absolute atomic E-state index is 12.8. The molecule has 9 heteroatoms. The van der Waals surface area contributed by atoms with E-state index in [9.17, 15) is 10.1 Å². The van der Waals surface area contributed by atoms with Crippen molar-refractivity contribution in [3.05, 3.63) is 86.9 Å². The number of amides is 1. The lowest BCUT2D eigenvalue weighted by Gasteiger charge is -2.15. The third kappa shape index (κ3) is 7.32. The lowest BCUT2D eigenvalue weighted by atomic mass is 10.1. The summed E-state index contributed by atoms with van der Waals surface area (Å²) < 4.78 is 22.2. The zero-order chi connectivity index (χ0) is 26.8. The van der Waals surface area contributed by atoms with E-state index in [1.165, 1.54) is 13.2 Å². The fraction of sp³-hybridized carbons (Fsp3) is 0.214. The van der Waals surface area contributed by atoms with E-state index in [0.717, 1.165) is 11.1 Å². The first-order valence-electron chi connectivity index (χ1n) is 11.3. The molecular weight excluding hydrogens is 515 g/mol. The average Bonchev–Trinajstić information content (AvgIpc) is 2.90. The molecule has 0 saturated heterocycles. The number of carbonyl (C=O) groups is 1. The Kier molecular flexibility index (Phi) is 10.1. The number of hydrogen-bond acceptors (Lipinski definition) is 6. The predicted molar refractivity (Wildman–Crippen MR) is 143 cm³/mol. The molecule has 0 spiro atoms. The van der Waals surface area contributed by atoms with Crippen LogP contribution in [0.2, 0.25) is 10.0 Å². The molecule has 0 unspecified atom stereocenters. The molecule has 0 heterocycles. The molecular formula is C28H26Cl2N2O5. The van der Waals surface area contributed by atoms with Gasteiger partial charge < -0.3 is 24.3 Å². The molecule has 3 aromatic carbocycles. The molecule has 0 aliphatic heterocycles. The Bertz CT molecular complexity index is 1330. The van der Waals surface area contributed by atoms with Gasteiger partial charge in [0, 0.05) is 28.8 Å². The number of halogens is 2. The fourth-order valence-electron chi connectivity index (χ4n) is 3.42. The van der Waals surface area contributed by atoms with E-state index >= 15 is 0 Å². The van der Waals surface area contributed by atoms with Crippen molar-refractivity contribution in [3.63, 3.8) is 0 Å². The molecule has 0 bridgehead atoms. The molecule has 0 aliphatic carbocycles. The Morgan fingerprint density at radius 2 is 1.76 bits per heavy atom. The van der Waals surface area contributed by atoms with E-state index in [1.54, 1.807) is 43.5 Å². The Labute approximate surface area is 226 Å². The van der Waals surface area contributed by atoms with Gasteiger partial charge in [0.2, 0.25) is 0 Å². The Morgan fingerprint density at radius 1 is 0.973 bits per heavy atom. The molecule has 3 aromatic rings. The van der Waals surface area contributed by atoms with Crippen molar-refractivity contribution in [1.82, 2.24) is 5.32 Å². The fourth-order valence-corrected chi connectivity index (χ4v) is 3.89. The smallest absolute Gasteiger partial charge is 0.262 e. The highest BCUT2D eigenvalue weighted by atomic mass is 35.5. The number of ether oxygens (including phenoxy) is 4. The van der Waals surface area contributed by atoms with E-state index in [4.69, 9.17) is 42.1 Å². The van der Waals surface area contributed by atoms with Crippen LogP contribution in [0.5, 0.6) is 23.0 Å². The summed E-state index contributed by atoms with van der Waals surface area (Å²) in [5, 5.41) is 13.2. The van der Waals surface area contributed by atoms with Crippen LogP contribution in [0.3, 0.4) is 0 Å². The first-order valence-corrected chi connectivity index (χ1v) is 12.1. The summed E-state index contributed by atoms with van der Waals surface area (Å²) in [5.74, 6) is 1.37. The molecule has 37 heavy (non-hydrogen) atoms. The summed E-state index contributed by atoms with van der Waals surface area (Å²) in [6.07, 6.45) is 1.44. The lowest BCUT2D eigenvalue weighted by Crippen LogP contribution is -2.24. The van der Waals surface area contributed by atoms with Crippen LogP contribution in [0, 0.1) is 11.3 Å². The molecule has 0 aromatic heterocycles. The van der Waals surface area contributed by atoms with Gasteiger partial charge in [0.05, 0.1) is 25.8 Å². The van der Waals surface area contributed by atoms with Gasteiger partial charge in [-0.3, -0.25) is 4.79 Å². The van der Waals surface area contributed by atoms with Crippen LogP contribution in [-0.4, -0.2) is 26.7 Å². The Balaban J connectivity index is 1.79. The highest BCUT2D eigenvalue weighted by Crippen LogP contribution is 2.38. The van der Waals surface area contributed by atoms with Crippen molar-refractivity contribution >= 4 is 35.2 Å². The monoisotopic (exact) mass is 540 g/mol. The molecule has 0 aliphatic rings. The first-order chi connectivity index (χ1) is 17.9. The minimum absolute atomic E-state index is 0.101. The number of carbonyl (C=O) groups excluding carboxylic acids is 1. The molecule has 0 fully saturated rings. The van der Waals surface area contributed by atoms with Crippen LogP contribution < -0.4 is 24.3 Å². The highest BCUT2D eigenvalue weighted by molar-refractivity contribution is 6.32. The number of rotatable bonds is 11. The zero-order valence-corrected chi connectivity index (χ0v) is 22.2. The Hall–Kier alpha value is -3.86. The quantitative estimate of drug-likeness (QED) is 0.229. The SMILES string of the molecule is CCOc1cc(/C=C(\C#N)C(=O)NCc2ccc(OC)cc2OC)cc(Cl)c1OCc1ccccc1Cl. The second kappa shape index (κ2) is 13.4. The van der Waals surface area contributed by atoms with Crippen LogP contribution in [-0.2, 0) is 17.9 Å². The predicted octanol–water partition coefficient (Wildman–Crippen LogP) is 6.21. The summed E-state index contributed by atoms with van der Waals surface area (Å²) in [4.78, 5) is 12.8. The first kappa shape index (κ1) is 27.7. The van der Waals surface area contributed by atoms with Gasteiger partial charge in [-0.25, -0.2) is 0 Å². The van der Waals surface area contributed by atoms with Crippen molar-refractivity contribution in [2.45, 2.75) is 20.1 Å². The third-order valence-electron chi connectivity index (χ3n) is 5.27. The van der Waals surface area contributed by atoms with Crippen molar-refractivity contribution < 1.29 is 23.7 Å². The second-order valence-corrected chi connectivity index (χ2v) is 8.49. The van der Waals surface area contributed by atoms with Crippen LogP contribution >= 0.6 is 23.2 Å². The summed E-state index contributed by atoms with van der Waals surface area (Å²) in [7, 11) is 3.09. The van der Waals surface area contributed by atoms with Crippen LogP contribution in [0.15, 0.2) is 60.2 Å². The van der Waals surface area contributed by atoms with Gasteiger partial charge in [-0.1, -0.05) is 41.4 Å². The van der Waals surface area contributed by atoms with Crippen molar-refractivity contribution in [2.75, 3.05) is 20.8 Å². The van der Waals surface area contributed by atoms with E-state index in [2.05, 4.69) is 5.32 Å². The van der Waals surface area contributed by atoms with E-state index in [1.807, 2.05) is 31.2 Å². The summed E-state index contributed by atoms with van der Waals surface area (Å²) in [5.41, 5.74) is 1.93. The van der Waals surface area contributed by atoms with Crippen molar-refractivity contribution in [1.29, 1.82) is 5.26 Å². The number of nitriles is 1. The van der Waals surface area contributed by atoms with Crippen LogP contribution in [0.1, 0.15) is 23.6 Å². The van der Waals surface area contributed by atoms with Gasteiger partial charge in [-0.15, -0.1) is 0 Å². The van der Waals surface area contributed by atoms with E-state index < -0.39 is 5.91 Å². The van der Waals surface area contributed by atoms with Gasteiger partial charge >= 0.3 is 0 Å². The number of benzene rings is 3. The Morgan fingerprint density at radius 3 is 2.43 bits per heavy atom. The molecule has 1 N–H and O–H groups in total. The lowest BCUT2D eigenvalue weighted by molar-refractivity contribution is -0.117. The van der Waals surface area contributed by atoms with Gasteiger partial charge in [0.15, 0.2) is 11.5 Å². The van der Waals surface area contributed by atoms with Crippen molar-refractivity contribution in [3.8, 4) is 29.1 Å². The molecule has 0 radical (unpaired) electrons. The standard InChI is InChI=1S/C28H26Cl2N2O5/c1-4-36-26-13-18(12-24(30)27(26)37-17-20-7-5-6-8-23(20)29)11-21(15-31)28(33)32-16-19-9-10-22(34-2)14-25(19)35-3/h5-14H,4,16-17H2,1-3H3,(H,32,33)/b21-11+. The average molecular weight is 541 g/mol. The van der Waals surface area contributed by atoms with Gasteiger partial charge in [0.1, 0.15) is 29.7 Å². The maximum Gasteiger partial charge on any atom is 0.262 e. The van der Waals surface area contributed by atoms with E-state index in [-0.39, 0.29) is 23.7 Å². The van der Waals surface area contributed by atoms with E-state index in [0.29, 0.717) is 40.2 Å². The maximum atomic E-state index is 12.8. The summed E-state index contributed by atoms with van der Waals surface area (Å²) in [6.45, 7) is 2.54. The topological polar surface area (TPSA) is 89.8 Å². The van der Waals surface area contributed by atoms with Gasteiger partial charge in [0.25, 0.3) is 5.91 Å². The molecule has 3 rings (SSSR count). The molecule has 1 amide bonds. The van der Waals surface area contributed by atoms with Crippen molar-refractivity contribution in [2.24, 2.45) is 0 Å². The second-order valence-electron chi connectivity index (χ2n) is 7.67. The largest absolute Gasteiger partial charge is 0.497 e. The molecule has 7 nitrogen and oxygen atoms in total. The van der Waals surface area contributed by atoms with Crippen LogP contribution in [0.25, 0.3) is 6.08 Å². The number of nitrogens with zero attached hydrogens (tertiary/aromatic N) is 1. The van der Waals surface area contributed by atoms with Gasteiger partial charge in [-0.2, -0.15) is 5.26 Å². The minimum Gasteiger partial charge on any atom is -0.497 e. The highest BCUT2D eigenvalue weighted by Gasteiger charge is 2.16. The molecule has 192 valence electrons. The third-order valence-corrected chi connectivity index (χ3v) is 5.92. The minimum atomic E-state index is -0.548. The number of methoxy groups -OCH3 is 2. The normalized spacial score (nSPS) is 10.9. The molecule has 0 saturated carbocycles. The van der Waals surface area contributed by atoms with Gasteiger partial charge in [-0.05, 0) is 48.9 Å². The van der Waals surface area contributed by atoms with Crippen LogP contribution in [0.4, 0.5) is 0 Å². The number of hydrogen-bond donors (Lipinski definition) is 1. The number of nitrogens with one attached hydrogen (secondary N) is 1. The zero-order valence-electron chi connectivity index (χ0n) is 20.6. The summed E-state index contributed by atoms with van der Waals surface area (Å²) in [6, 6.07) is 17.8. The molecule has 0 atom stereocenters. The summed E-state index contributed by atoms with van der Waals surface area (Å²) >= 11 is 12.7.